The maximum atomic E-state index is 9.15. The number of aliphatic hydroxyl groups is 1. The summed E-state index contributed by atoms with van der Waals surface area (Å²) in [5, 5.41) is 12.7. The minimum absolute atomic E-state index is 0.184. The van der Waals surface area contributed by atoms with Gasteiger partial charge in [0.1, 0.15) is 0 Å². The largest absolute Gasteiger partial charge is 0.395 e. The number of thioether (sulfide) groups is 1. The highest BCUT2D eigenvalue weighted by molar-refractivity contribution is 7.99. The zero-order chi connectivity index (χ0) is 12.4. The van der Waals surface area contributed by atoms with Crippen LogP contribution in [0.15, 0.2) is 0 Å². The molecule has 2 atom stereocenters. The molecule has 5 heteroatoms. The van der Waals surface area contributed by atoms with E-state index in [4.69, 9.17) is 14.6 Å². The molecule has 0 saturated heterocycles. The molecule has 16 heavy (non-hydrogen) atoms. The molecule has 0 aliphatic rings. The van der Waals surface area contributed by atoms with E-state index < -0.39 is 0 Å². The van der Waals surface area contributed by atoms with Crippen LogP contribution in [0.25, 0.3) is 0 Å². The average Bonchev–Trinajstić information content (AvgIpc) is 2.28. The quantitative estimate of drug-likeness (QED) is 0.569. The van der Waals surface area contributed by atoms with Crippen LogP contribution in [-0.2, 0) is 9.47 Å². The lowest BCUT2D eigenvalue weighted by atomic mass is 10.2. The van der Waals surface area contributed by atoms with Crippen LogP contribution in [0.2, 0.25) is 0 Å². The highest BCUT2D eigenvalue weighted by Crippen LogP contribution is 2.10. The number of aliphatic hydroxyl groups excluding tert-OH is 1. The fourth-order valence-corrected chi connectivity index (χ4v) is 2.04. The van der Waals surface area contributed by atoms with Crippen molar-refractivity contribution in [3.05, 3.63) is 0 Å². The minimum atomic E-state index is -0.196. The van der Waals surface area contributed by atoms with Crippen molar-refractivity contribution in [2.45, 2.75) is 38.4 Å². The summed E-state index contributed by atoms with van der Waals surface area (Å²) in [5.41, 5.74) is 0. The summed E-state index contributed by atoms with van der Waals surface area (Å²) in [7, 11) is 0. The standard InChI is InChI=1S/C11H25NO3S/c1-5-14-11(15-6-2)7-12-9(3)10(8-13)16-4/h9-13H,5-8H2,1-4H3. The van der Waals surface area contributed by atoms with Crippen LogP contribution in [0.5, 0.6) is 0 Å². The zero-order valence-electron chi connectivity index (χ0n) is 10.7. The van der Waals surface area contributed by atoms with E-state index in [0.29, 0.717) is 19.8 Å². The molecule has 2 unspecified atom stereocenters. The summed E-state index contributed by atoms with van der Waals surface area (Å²) < 4.78 is 10.9. The summed E-state index contributed by atoms with van der Waals surface area (Å²) in [5.74, 6) is 0. The molecule has 0 aliphatic carbocycles. The Morgan fingerprint density at radius 1 is 1.25 bits per heavy atom. The van der Waals surface area contributed by atoms with Crippen LogP contribution in [-0.4, -0.2) is 55.3 Å². The molecule has 0 amide bonds. The van der Waals surface area contributed by atoms with Gasteiger partial charge in [0, 0.05) is 31.1 Å². The topological polar surface area (TPSA) is 50.7 Å². The summed E-state index contributed by atoms with van der Waals surface area (Å²) in [6.45, 7) is 8.09. The van der Waals surface area contributed by atoms with Gasteiger partial charge in [0.25, 0.3) is 0 Å². The van der Waals surface area contributed by atoms with Gasteiger partial charge in [0.05, 0.1) is 6.61 Å². The number of ether oxygens (including phenoxy) is 2. The van der Waals surface area contributed by atoms with E-state index in [0.717, 1.165) is 0 Å². The van der Waals surface area contributed by atoms with Crippen molar-refractivity contribution in [1.29, 1.82) is 0 Å². The van der Waals surface area contributed by atoms with Gasteiger partial charge >= 0.3 is 0 Å². The molecule has 4 nitrogen and oxygen atoms in total. The number of hydrogen-bond donors (Lipinski definition) is 2. The Kier molecular flexibility index (Phi) is 10.5. The first-order valence-corrected chi connectivity index (χ1v) is 7.08. The Morgan fingerprint density at radius 2 is 1.81 bits per heavy atom. The molecule has 0 heterocycles. The Labute approximate surface area is 103 Å². The molecule has 0 bridgehead atoms. The Hall–Kier alpha value is 0.190. The molecule has 0 spiro atoms. The second kappa shape index (κ2) is 10.4. The van der Waals surface area contributed by atoms with Crippen molar-refractivity contribution < 1.29 is 14.6 Å². The SMILES string of the molecule is CCOC(CNC(C)C(CO)SC)OCC. The first-order chi connectivity index (χ1) is 7.69. The molecule has 0 saturated carbocycles. The molecule has 0 aliphatic heterocycles. The summed E-state index contributed by atoms with van der Waals surface area (Å²) in [6, 6.07) is 0.239. The Bertz CT molecular complexity index is 148. The fraction of sp³-hybridized carbons (Fsp3) is 1.00. The lowest BCUT2D eigenvalue weighted by Crippen LogP contribution is -2.42. The van der Waals surface area contributed by atoms with E-state index in [1.165, 1.54) is 0 Å². The molecular formula is C11H25NO3S. The van der Waals surface area contributed by atoms with Crippen LogP contribution in [0.4, 0.5) is 0 Å². The number of hydrogen-bond acceptors (Lipinski definition) is 5. The van der Waals surface area contributed by atoms with Gasteiger partial charge in [0.2, 0.25) is 0 Å². The normalized spacial score (nSPS) is 15.4. The second-order valence-corrected chi connectivity index (χ2v) is 4.57. The maximum absolute atomic E-state index is 9.15. The Balaban J connectivity index is 3.88. The van der Waals surface area contributed by atoms with Gasteiger partial charge in [-0.2, -0.15) is 11.8 Å². The molecular weight excluding hydrogens is 226 g/mol. The Morgan fingerprint density at radius 3 is 2.19 bits per heavy atom. The highest BCUT2D eigenvalue weighted by Gasteiger charge is 2.16. The van der Waals surface area contributed by atoms with E-state index >= 15 is 0 Å². The predicted molar refractivity (Wildman–Crippen MR) is 68.9 cm³/mol. The second-order valence-electron chi connectivity index (χ2n) is 3.49. The van der Waals surface area contributed by atoms with Gasteiger partial charge in [-0.05, 0) is 27.0 Å². The third-order valence-corrected chi connectivity index (χ3v) is 3.51. The first kappa shape index (κ1) is 16.2. The van der Waals surface area contributed by atoms with Crippen LogP contribution >= 0.6 is 11.8 Å². The third-order valence-electron chi connectivity index (χ3n) is 2.35. The van der Waals surface area contributed by atoms with Crippen molar-refractivity contribution in [3.63, 3.8) is 0 Å². The average molecular weight is 251 g/mol. The number of nitrogens with one attached hydrogen (secondary N) is 1. The van der Waals surface area contributed by atoms with Gasteiger partial charge in [-0.25, -0.2) is 0 Å². The monoisotopic (exact) mass is 251 g/mol. The van der Waals surface area contributed by atoms with Crippen molar-refractivity contribution in [2.75, 3.05) is 32.6 Å². The van der Waals surface area contributed by atoms with Gasteiger partial charge in [0.15, 0.2) is 6.29 Å². The van der Waals surface area contributed by atoms with Crippen LogP contribution in [0.3, 0.4) is 0 Å². The lowest BCUT2D eigenvalue weighted by Gasteiger charge is -2.24. The van der Waals surface area contributed by atoms with Gasteiger partial charge in [-0.1, -0.05) is 0 Å². The molecule has 0 rings (SSSR count). The van der Waals surface area contributed by atoms with Crippen molar-refractivity contribution >= 4 is 11.8 Å². The molecule has 0 fully saturated rings. The molecule has 0 aromatic rings. The predicted octanol–water partition coefficient (Wildman–Crippen LogP) is 1.09. The van der Waals surface area contributed by atoms with Crippen LogP contribution in [0, 0.1) is 0 Å². The molecule has 0 aromatic heterocycles. The summed E-state index contributed by atoms with van der Waals surface area (Å²) in [6.07, 6.45) is 1.81. The van der Waals surface area contributed by atoms with Gasteiger partial charge < -0.3 is 19.9 Å². The van der Waals surface area contributed by atoms with Crippen molar-refractivity contribution in [1.82, 2.24) is 5.32 Å². The molecule has 0 radical (unpaired) electrons. The highest BCUT2D eigenvalue weighted by atomic mass is 32.2. The van der Waals surface area contributed by atoms with Crippen LogP contribution in [0.1, 0.15) is 20.8 Å². The first-order valence-electron chi connectivity index (χ1n) is 5.79. The van der Waals surface area contributed by atoms with Gasteiger partial charge in [-0.15, -0.1) is 0 Å². The van der Waals surface area contributed by atoms with Crippen molar-refractivity contribution in [2.24, 2.45) is 0 Å². The van der Waals surface area contributed by atoms with E-state index in [1.54, 1.807) is 11.8 Å². The van der Waals surface area contributed by atoms with Crippen molar-refractivity contribution in [3.8, 4) is 0 Å². The maximum Gasteiger partial charge on any atom is 0.169 e. The summed E-state index contributed by atoms with van der Waals surface area (Å²) >= 11 is 1.66. The van der Waals surface area contributed by atoms with E-state index in [1.807, 2.05) is 20.1 Å². The summed E-state index contributed by atoms with van der Waals surface area (Å²) in [4.78, 5) is 0. The minimum Gasteiger partial charge on any atom is -0.395 e. The fourth-order valence-electron chi connectivity index (χ4n) is 1.39. The van der Waals surface area contributed by atoms with Gasteiger partial charge in [-0.3, -0.25) is 0 Å². The molecule has 0 aromatic carbocycles. The van der Waals surface area contributed by atoms with E-state index in [9.17, 15) is 0 Å². The third kappa shape index (κ3) is 6.70. The molecule has 2 N–H and O–H groups in total. The number of rotatable bonds is 10. The zero-order valence-corrected chi connectivity index (χ0v) is 11.5. The smallest absolute Gasteiger partial charge is 0.169 e. The molecule has 98 valence electrons. The van der Waals surface area contributed by atoms with E-state index in [-0.39, 0.29) is 24.2 Å². The van der Waals surface area contributed by atoms with Crippen LogP contribution < -0.4 is 5.32 Å². The van der Waals surface area contributed by atoms with E-state index in [2.05, 4.69) is 12.2 Å². The lowest BCUT2D eigenvalue weighted by molar-refractivity contribution is -0.133.